The lowest BCUT2D eigenvalue weighted by atomic mass is 9.81. The second-order valence-corrected chi connectivity index (χ2v) is 12.1. The minimum atomic E-state index is -1.01. The van der Waals surface area contributed by atoms with Crippen LogP contribution < -0.4 is 10.1 Å². The molecule has 2 aromatic rings. The first kappa shape index (κ1) is 27.4. The van der Waals surface area contributed by atoms with E-state index in [1.807, 2.05) is 13.8 Å². The summed E-state index contributed by atoms with van der Waals surface area (Å²) in [6, 6.07) is 6.54. The third-order valence-electron chi connectivity index (χ3n) is 5.50. The summed E-state index contributed by atoms with van der Waals surface area (Å²) in [5, 5.41) is 23.8. The second-order valence-electron chi connectivity index (χ2n) is 10.8. The Labute approximate surface area is 214 Å². The number of tetrazole rings is 1. The zero-order chi connectivity index (χ0) is 26.5. The van der Waals surface area contributed by atoms with Crippen molar-refractivity contribution in [3.05, 3.63) is 29.8 Å². The summed E-state index contributed by atoms with van der Waals surface area (Å²) in [6.45, 7) is 11.1. The van der Waals surface area contributed by atoms with Gasteiger partial charge in [-0.15, -0.1) is 5.10 Å². The summed E-state index contributed by atoms with van der Waals surface area (Å²) in [6.07, 6.45) is 1.78. The number of aromatic nitrogens is 4. The molecule has 1 aliphatic heterocycles. The van der Waals surface area contributed by atoms with Crippen molar-refractivity contribution >= 4 is 29.7 Å². The molecule has 1 aromatic heterocycles. The van der Waals surface area contributed by atoms with E-state index < -0.39 is 12.1 Å². The zero-order valence-corrected chi connectivity index (χ0v) is 22.2. The average molecular weight is 519 g/mol. The Bertz CT molecular complexity index is 1070. The van der Waals surface area contributed by atoms with Gasteiger partial charge in [-0.05, 0) is 73.2 Å². The molecule has 1 aliphatic rings. The first-order valence-electron chi connectivity index (χ1n) is 11.9. The SMILES string of the molecule is CC(C)(C)CC(C)(C)NC(=O)c1ccc(OC(=O)N2CCC(Sc3nnnn3CC(=O)O)CC2)cc1. The molecule has 2 amide bonds. The Hall–Kier alpha value is -3.15. The van der Waals surface area contributed by atoms with Crippen LogP contribution >= 0.6 is 11.8 Å². The van der Waals surface area contributed by atoms with Crippen LogP contribution in [0.2, 0.25) is 0 Å². The van der Waals surface area contributed by atoms with E-state index in [2.05, 4.69) is 41.6 Å². The minimum Gasteiger partial charge on any atom is -0.480 e. The average Bonchev–Trinajstić information content (AvgIpc) is 3.18. The number of hydrogen-bond donors (Lipinski definition) is 2. The molecule has 3 rings (SSSR count). The maximum Gasteiger partial charge on any atom is 0.415 e. The van der Waals surface area contributed by atoms with Gasteiger partial charge in [-0.25, -0.2) is 9.48 Å². The largest absolute Gasteiger partial charge is 0.480 e. The number of piperidine rings is 1. The number of aliphatic carboxylic acids is 1. The summed E-state index contributed by atoms with van der Waals surface area (Å²) >= 11 is 1.42. The first-order valence-corrected chi connectivity index (χ1v) is 12.7. The number of carbonyl (C=O) groups excluding carboxylic acids is 2. The van der Waals surface area contributed by atoms with Gasteiger partial charge in [0.05, 0.1) is 0 Å². The van der Waals surface area contributed by atoms with Crippen molar-refractivity contribution < 1.29 is 24.2 Å². The highest BCUT2D eigenvalue weighted by atomic mass is 32.2. The fourth-order valence-electron chi connectivity index (χ4n) is 4.40. The molecule has 0 unspecified atom stereocenters. The Balaban J connectivity index is 1.48. The van der Waals surface area contributed by atoms with Gasteiger partial charge in [0.2, 0.25) is 5.16 Å². The number of nitrogens with one attached hydrogen (secondary N) is 1. The molecular formula is C24H34N6O5S. The van der Waals surface area contributed by atoms with Crippen LogP contribution in [0.5, 0.6) is 5.75 Å². The quantitative estimate of drug-likeness (QED) is 0.538. The maximum atomic E-state index is 12.7. The normalized spacial score (nSPS) is 15.0. The van der Waals surface area contributed by atoms with E-state index >= 15 is 0 Å². The van der Waals surface area contributed by atoms with Gasteiger partial charge in [0.15, 0.2) is 0 Å². The van der Waals surface area contributed by atoms with Crippen LogP contribution in [-0.2, 0) is 11.3 Å². The Morgan fingerprint density at radius 2 is 1.75 bits per heavy atom. The monoisotopic (exact) mass is 518 g/mol. The van der Waals surface area contributed by atoms with Gasteiger partial charge in [-0.1, -0.05) is 32.5 Å². The predicted octanol–water partition coefficient (Wildman–Crippen LogP) is 3.46. The van der Waals surface area contributed by atoms with Crippen molar-refractivity contribution in [3.8, 4) is 5.75 Å². The van der Waals surface area contributed by atoms with Crippen molar-refractivity contribution in [1.82, 2.24) is 30.4 Å². The maximum absolute atomic E-state index is 12.7. The molecule has 0 bridgehead atoms. The van der Waals surface area contributed by atoms with Crippen molar-refractivity contribution in [3.63, 3.8) is 0 Å². The van der Waals surface area contributed by atoms with Gasteiger partial charge in [0.1, 0.15) is 12.3 Å². The highest BCUT2D eigenvalue weighted by Crippen LogP contribution is 2.29. The number of hydrogen-bond acceptors (Lipinski definition) is 8. The molecule has 12 heteroatoms. The molecule has 0 radical (unpaired) electrons. The van der Waals surface area contributed by atoms with Crippen molar-refractivity contribution in [2.75, 3.05) is 13.1 Å². The van der Waals surface area contributed by atoms with E-state index in [-0.39, 0.29) is 28.7 Å². The number of nitrogens with zero attached hydrogens (tertiary/aromatic N) is 5. The second kappa shape index (κ2) is 11.3. The number of amides is 2. The number of benzene rings is 1. The summed E-state index contributed by atoms with van der Waals surface area (Å²) in [5.41, 5.74) is 0.228. The fourth-order valence-corrected chi connectivity index (χ4v) is 5.45. The number of ether oxygens (including phenoxy) is 1. The number of carboxylic acid groups (broad SMARTS) is 1. The number of thioether (sulfide) groups is 1. The summed E-state index contributed by atoms with van der Waals surface area (Å²) < 4.78 is 6.76. The fraction of sp³-hybridized carbons (Fsp3) is 0.583. The number of rotatable bonds is 8. The molecule has 0 atom stereocenters. The molecule has 0 spiro atoms. The van der Waals surface area contributed by atoms with E-state index in [0.717, 1.165) is 6.42 Å². The van der Waals surface area contributed by atoms with Gasteiger partial charge in [0.25, 0.3) is 5.91 Å². The van der Waals surface area contributed by atoms with Gasteiger partial charge in [-0.2, -0.15) is 0 Å². The van der Waals surface area contributed by atoms with Crippen molar-refractivity contribution in [1.29, 1.82) is 0 Å². The molecule has 2 N–H and O–H groups in total. The molecule has 36 heavy (non-hydrogen) atoms. The van der Waals surface area contributed by atoms with E-state index in [1.165, 1.54) is 16.4 Å². The Morgan fingerprint density at radius 3 is 2.33 bits per heavy atom. The molecule has 2 heterocycles. The van der Waals surface area contributed by atoms with Crippen LogP contribution in [0.15, 0.2) is 29.4 Å². The van der Waals surface area contributed by atoms with Crippen LogP contribution in [0.3, 0.4) is 0 Å². The number of carboxylic acids is 1. The van der Waals surface area contributed by atoms with Crippen molar-refractivity contribution in [2.45, 2.75) is 76.4 Å². The third kappa shape index (κ3) is 8.21. The smallest absolute Gasteiger partial charge is 0.415 e. The van der Waals surface area contributed by atoms with Gasteiger partial charge in [-0.3, -0.25) is 9.59 Å². The number of likely N-dealkylation sites (tertiary alicyclic amines) is 1. The van der Waals surface area contributed by atoms with Crippen LogP contribution in [0.4, 0.5) is 4.79 Å². The lowest BCUT2D eigenvalue weighted by Crippen LogP contribution is -2.45. The minimum absolute atomic E-state index is 0.0823. The highest BCUT2D eigenvalue weighted by molar-refractivity contribution is 7.99. The molecule has 0 saturated carbocycles. The van der Waals surface area contributed by atoms with Gasteiger partial charge >= 0.3 is 12.1 Å². The standard InChI is InChI=1S/C24H34N6O5S/c1-23(2,3)15-24(4,5)25-20(33)16-6-8-17(9-7-16)35-22(34)29-12-10-18(11-13-29)36-21-26-27-28-30(21)14-19(31)32/h6-9,18H,10-15H2,1-5H3,(H,25,33)(H,31,32). The molecular weight excluding hydrogens is 484 g/mol. The molecule has 1 aromatic carbocycles. The van der Waals surface area contributed by atoms with Crippen LogP contribution in [-0.4, -0.2) is 72.1 Å². The van der Waals surface area contributed by atoms with Crippen molar-refractivity contribution in [2.24, 2.45) is 5.41 Å². The molecule has 196 valence electrons. The van der Waals surface area contributed by atoms with E-state index in [0.29, 0.717) is 42.4 Å². The number of carbonyl (C=O) groups is 3. The van der Waals surface area contributed by atoms with Crippen LogP contribution in [0, 0.1) is 5.41 Å². The lowest BCUT2D eigenvalue weighted by molar-refractivity contribution is -0.138. The highest BCUT2D eigenvalue weighted by Gasteiger charge is 2.28. The molecule has 1 saturated heterocycles. The van der Waals surface area contributed by atoms with E-state index in [9.17, 15) is 14.4 Å². The zero-order valence-electron chi connectivity index (χ0n) is 21.4. The van der Waals surface area contributed by atoms with Crippen LogP contribution in [0.25, 0.3) is 0 Å². The first-order chi connectivity index (χ1) is 16.8. The molecule has 0 aliphatic carbocycles. The molecule has 11 nitrogen and oxygen atoms in total. The van der Waals surface area contributed by atoms with Gasteiger partial charge in [0, 0.05) is 29.4 Å². The summed E-state index contributed by atoms with van der Waals surface area (Å²) in [4.78, 5) is 37.9. The predicted molar refractivity (Wildman–Crippen MR) is 134 cm³/mol. The Kier molecular flexibility index (Phi) is 8.59. The van der Waals surface area contributed by atoms with E-state index in [1.54, 1.807) is 29.2 Å². The topological polar surface area (TPSA) is 140 Å². The molecule has 1 fully saturated rings. The van der Waals surface area contributed by atoms with Crippen LogP contribution in [0.1, 0.15) is 64.2 Å². The Morgan fingerprint density at radius 1 is 1.11 bits per heavy atom. The summed E-state index contributed by atoms with van der Waals surface area (Å²) in [7, 11) is 0. The van der Waals surface area contributed by atoms with E-state index in [4.69, 9.17) is 9.84 Å². The van der Waals surface area contributed by atoms with Gasteiger partial charge < -0.3 is 20.1 Å². The lowest BCUT2D eigenvalue weighted by Gasteiger charge is -2.33. The summed E-state index contributed by atoms with van der Waals surface area (Å²) in [5.74, 6) is -0.814. The third-order valence-corrected chi connectivity index (χ3v) is 6.81.